The molecule has 82 valence electrons. The van der Waals surface area contributed by atoms with Crippen LogP contribution in [0.25, 0.3) is 0 Å². The fourth-order valence-corrected chi connectivity index (χ4v) is 1.44. The van der Waals surface area contributed by atoms with Crippen molar-refractivity contribution in [1.82, 2.24) is 14.8 Å². The number of anilines is 1. The Kier molecular flexibility index (Phi) is 2.68. The normalized spacial score (nSPS) is 10.1. The lowest BCUT2D eigenvalue weighted by atomic mass is 10.3. The topological polar surface area (TPSA) is 59.8 Å². The summed E-state index contributed by atoms with van der Waals surface area (Å²) in [6.45, 7) is 1.84. The molecular weight excluding hydrogens is 204 g/mol. The van der Waals surface area contributed by atoms with Crippen LogP contribution in [-0.4, -0.2) is 20.7 Å². The Labute approximate surface area is 93.1 Å². The van der Waals surface area contributed by atoms with Gasteiger partial charge in [-0.1, -0.05) is 6.07 Å². The molecule has 0 saturated heterocycles. The van der Waals surface area contributed by atoms with Crippen LogP contribution in [0.1, 0.15) is 16.2 Å². The maximum atomic E-state index is 11.8. The number of nitrogens with one attached hydrogen (secondary N) is 1. The zero-order chi connectivity index (χ0) is 11.5. The van der Waals surface area contributed by atoms with Crippen LogP contribution in [-0.2, 0) is 7.05 Å². The number of hydrogen-bond donors (Lipinski definition) is 1. The molecule has 5 nitrogen and oxygen atoms in total. The summed E-state index contributed by atoms with van der Waals surface area (Å²) in [5.74, 6) is 0.327. The predicted molar refractivity (Wildman–Crippen MR) is 60.1 cm³/mol. The minimum Gasteiger partial charge on any atom is -0.305 e. The van der Waals surface area contributed by atoms with Crippen molar-refractivity contribution in [3.05, 3.63) is 41.9 Å². The fourth-order valence-electron chi connectivity index (χ4n) is 1.44. The molecule has 2 aromatic heterocycles. The van der Waals surface area contributed by atoms with E-state index < -0.39 is 0 Å². The van der Waals surface area contributed by atoms with E-state index in [-0.39, 0.29) is 5.91 Å². The molecule has 2 aromatic rings. The van der Waals surface area contributed by atoms with Crippen molar-refractivity contribution >= 4 is 11.7 Å². The average Bonchev–Trinajstić information content (AvgIpc) is 2.59. The van der Waals surface area contributed by atoms with Crippen molar-refractivity contribution < 1.29 is 4.79 Å². The molecule has 1 N–H and O–H groups in total. The summed E-state index contributed by atoms with van der Waals surface area (Å²) in [5, 5.41) is 6.81. The van der Waals surface area contributed by atoms with Gasteiger partial charge in [0, 0.05) is 13.2 Å². The van der Waals surface area contributed by atoms with Gasteiger partial charge in [-0.05, 0) is 25.1 Å². The monoisotopic (exact) mass is 216 g/mol. The van der Waals surface area contributed by atoms with E-state index in [0.717, 1.165) is 5.69 Å². The quantitative estimate of drug-likeness (QED) is 0.824. The first-order valence-electron chi connectivity index (χ1n) is 4.90. The zero-order valence-corrected chi connectivity index (χ0v) is 9.14. The first-order chi connectivity index (χ1) is 7.66. The molecule has 5 heteroatoms. The minimum atomic E-state index is -0.207. The maximum Gasteiger partial charge on any atom is 0.275 e. The van der Waals surface area contributed by atoms with Crippen LogP contribution in [0.4, 0.5) is 5.82 Å². The highest BCUT2D eigenvalue weighted by molar-refractivity contribution is 6.02. The highest BCUT2D eigenvalue weighted by atomic mass is 16.2. The van der Waals surface area contributed by atoms with Crippen molar-refractivity contribution in [3.8, 4) is 0 Å². The molecule has 0 aliphatic heterocycles. The molecule has 0 fully saturated rings. The van der Waals surface area contributed by atoms with Gasteiger partial charge in [0.25, 0.3) is 5.91 Å². The van der Waals surface area contributed by atoms with Crippen LogP contribution in [0.5, 0.6) is 0 Å². The molecule has 0 saturated carbocycles. The van der Waals surface area contributed by atoms with Crippen molar-refractivity contribution in [2.24, 2.45) is 7.05 Å². The third kappa shape index (κ3) is 2.08. The van der Waals surface area contributed by atoms with Gasteiger partial charge in [0.2, 0.25) is 0 Å². The third-order valence-corrected chi connectivity index (χ3v) is 2.14. The lowest BCUT2D eigenvalue weighted by molar-refractivity contribution is 0.101. The second kappa shape index (κ2) is 4.14. The van der Waals surface area contributed by atoms with E-state index in [2.05, 4.69) is 15.4 Å². The van der Waals surface area contributed by atoms with Gasteiger partial charge in [0.05, 0.1) is 5.69 Å². The van der Waals surface area contributed by atoms with Crippen LogP contribution in [0.3, 0.4) is 0 Å². The molecule has 0 radical (unpaired) electrons. The van der Waals surface area contributed by atoms with Gasteiger partial charge in [-0.3, -0.25) is 9.48 Å². The first-order valence-corrected chi connectivity index (χ1v) is 4.90. The van der Waals surface area contributed by atoms with Crippen LogP contribution in [0, 0.1) is 6.92 Å². The van der Waals surface area contributed by atoms with Gasteiger partial charge in [-0.25, -0.2) is 4.98 Å². The summed E-state index contributed by atoms with van der Waals surface area (Å²) in [4.78, 5) is 15.9. The van der Waals surface area contributed by atoms with Crippen molar-refractivity contribution in [2.75, 3.05) is 5.32 Å². The number of carbonyl (C=O) groups excluding carboxylic acids is 1. The summed E-state index contributed by atoms with van der Waals surface area (Å²) >= 11 is 0. The van der Waals surface area contributed by atoms with Gasteiger partial charge in [-0.15, -0.1) is 0 Å². The SMILES string of the molecule is Cc1cc(C(=O)Nc2ccccn2)n(C)n1. The highest BCUT2D eigenvalue weighted by Crippen LogP contribution is 2.06. The van der Waals surface area contributed by atoms with Crippen LogP contribution >= 0.6 is 0 Å². The fraction of sp³-hybridized carbons (Fsp3) is 0.182. The maximum absolute atomic E-state index is 11.8. The molecule has 1 amide bonds. The van der Waals surface area contributed by atoms with Crippen LogP contribution < -0.4 is 5.32 Å². The van der Waals surface area contributed by atoms with E-state index in [0.29, 0.717) is 11.5 Å². The number of rotatable bonds is 2. The van der Waals surface area contributed by atoms with Crippen molar-refractivity contribution in [1.29, 1.82) is 0 Å². The number of aromatic nitrogens is 3. The number of pyridine rings is 1. The van der Waals surface area contributed by atoms with Crippen molar-refractivity contribution in [3.63, 3.8) is 0 Å². The molecule has 0 unspecified atom stereocenters. The summed E-state index contributed by atoms with van der Waals surface area (Å²) in [5.41, 5.74) is 1.33. The van der Waals surface area contributed by atoms with E-state index >= 15 is 0 Å². The number of hydrogen-bond acceptors (Lipinski definition) is 3. The minimum absolute atomic E-state index is 0.207. The van der Waals surface area contributed by atoms with E-state index in [1.54, 1.807) is 36.1 Å². The average molecular weight is 216 g/mol. The molecule has 2 rings (SSSR count). The Balaban J connectivity index is 2.18. The second-order valence-electron chi connectivity index (χ2n) is 3.46. The van der Waals surface area contributed by atoms with Gasteiger partial charge in [-0.2, -0.15) is 5.10 Å². The molecule has 0 bridgehead atoms. The van der Waals surface area contributed by atoms with Crippen LogP contribution in [0.15, 0.2) is 30.5 Å². The summed E-state index contributed by atoms with van der Waals surface area (Å²) in [7, 11) is 1.74. The molecule has 0 aliphatic carbocycles. The van der Waals surface area contributed by atoms with Gasteiger partial charge < -0.3 is 5.32 Å². The molecule has 0 atom stereocenters. The lowest BCUT2D eigenvalue weighted by Crippen LogP contribution is -2.16. The number of nitrogens with zero attached hydrogens (tertiary/aromatic N) is 3. The molecular formula is C11H12N4O. The number of carbonyl (C=O) groups is 1. The van der Waals surface area contributed by atoms with E-state index in [9.17, 15) is 4.79 Å². The van der Waals surface area contributed by atoms with Gasteiger partial charge >= 0.3 is 0 Å². The lowest BCUT2D eigenvalue weighted by Gasteiger charge is -2.03. The second-order valence-corrected chi connectivity index (χ2v) is 3.46. The zero-order valence-electron chi connectivity index (χ0n) is 9.14. The molecule has 2 heterocycles. The highest BCUT2D eigenvalue weighted by Gasteiger charge is 2.11. The number of amides is 1. The van der Waals surface area contributed by atoms with Gasteiger partial charge in [0.15, 0.2) is 0 Å². The Morgan fingerprint density at radius 2 is 2.25 bits per heavy atom. The molecule has 0 aliphatic rings. The smallest absolute Gasteiger partial charge is 0.275 e. The third-order valence-electron chi connectivity index (χ3n) is 2.14. The number of aryl methyl sites for hydroxylation is 2. The Morgan fingerprint density at radius 3 is 2.81 bits per heavy atom. The molecule has 0 aromatic carbocycles. The predicted octanol–water partition coefficient (Wildman–Crippen LogP) is 1.38. The summed E-state index contributed by atoms with van der Waals surface area (Å²) < 4.78 is 1.55. The molecule has 0 spiro atoms. The van der Waals surface area contributed by atoms with E-state index in [1.807, 2.05) is 13.0 Å². The van der Waals surface area contributed by atoms with Gasteiger partial charge in [0.1, 0.15) is 11.5 Å². The first kappa shape index (κ1) is 10.4. The summed E-state index contributed by atoms with van der Waals surface area (Å²) in [6, 6.07) is 7.08. The van der Waals surface area contributed by atoms with E-state index in [4.69, 9.17) is 0 Å². The molecule has 16 heavy (non-hydrogen) atoms. The standard InChI is InChI=1S/C11H12N4O/c1-8-7-9(15(2)14-8)11(16)13-10-5-3-4-6-12-10/h3-7H,1-2H3,(H,12,13,16). The van der Waals surface area contributed by atoms with E-state index in [1.165, 1.54) is 0 Å². The Hall–Kier alpha value is -2.17. The Morgan fingerprint density at radius 1 is 1.44 bits per heavy atom. The largest absolute Gasteiger partial charge is 0.305 e. The van der Waals surface area contributed by atoms with Crippen LogP contribution in [0.2, 0.25) is 0 Å². The Bertz CT molecular complexity index is 504. The summed E-state index contributed by atoms with van der Waals surface area (Å²) in [6.07, 6.45) is 1.63. The van der Waals surface area contributed by atoms with Crippen molar-refractivity contribution in [2.45, 2.75) is 6.92 Å².